The zero-order valence-corrected chi connectivity index (χ0v) is 13.2. The van der Waals surface area contributed by atoms with E-state index in [1.54, 1.807) is 18.2 Å². The summed E-state index contributed by atoms with van der Waals surface area (Å²) in [7, 11) is 0. The number of aromatic nitrogens is 1. The van der Waals surface area contributed by atoms with E-state index in [4.69, 9.17) is 16.6 Å². The maximum Gasteiger partial charge on any atom is 0.250 e. The Morgan fingerprint density at radius 1 is 1.39 bits per heavy atom. The highest BCUT2D eigenvalue weighted by atomic mass is 32.1. The summed E-state index contributed by atoms with van der Waals surface area (Å²) in [5, 5.41) is 5.88. The Hall–Kier alpha value is -2.58. The minimum absolute atomic E-state index is 0.110. The van der Waals surface area contributed by atoms with Crippen molar-refractivity contribution in [2.45, 2.75) is 0 Å². The summed E-state index contributed by atoms with van der Waals surface area (Å²) in [5.74, 6) is -0.162. The lowest BCUT2D eigenvalue weighted by atomic mass is 10.3. The molecule has 2 heterocycles. The van der Waals surface area contributed by atoms with Crippen LogP contribution in [-0.4, -0.2) is 16.0 Å². The molecule has 0 saturated heterocycles. The van der Waals surface area contributed by atoms with Crippen LogP contribution in [0.4, 0.5) is 9.52 Å². The van der Waals surface area contributed by atoms with E-state index in [0.717, 1.165) is 0 Å². The molecule has 0 atom stereocenters. The minimum Gasteiger partial charge on any atom is -0.465 e. The number of nitrogens with zero attached hydrogens (tertiary/aromatic N) is 1. The van der Waals surface area contributed by atoms with Crippen LogP contribution in [0.25, 0.3) is 16.3 Å². The van der Waals surface area contributed by atoms with E-state index < -0.39 is 5.91 Å². The molecule has 0 aliphatic heterocycles. The lowest BCUT2D eigenvalue weighted by Gasteiger charge is -2.04. The first-order valence-corrected chi connectivity index (χ1v) is 7.72. The number of fused-ring (bicyclic) bond motifs is 1. The molecule has 3 aromatic rings. The van der Waals surface area contributed by atoms with Crippen LogP contribution >= 0.6 is 23.6 Å². The van der Waals surface area contributed by atoms with Crippen molar-refractivity contribution in [3.63, 3.8) is 0 Å². The quantitative estimate of drug-likeness (QED) is 0.560. The molecule has 5 nitrogen and oxygen atoms in total. The molecule has 0 fully saturated rings. The van der Waals surface area contributed by atoms with Gasteiger partial charge >= 0.3 is 0 Å². The van der Waals surface area contributed by atoms with Crippen molar-refractivity contribution in [3.05, 3.63) is 54.2 Å². The Balaban J connectivity index is 1.60. The van der Waals surface area contributed by atoms with Gasteiger partial charge in [-0.05, 0) is 48.6 Å². The van der Waals surface area contributed by atoms with Crippen molar-refractivity contribution in [1.82, 2.24) is 10.3 Å². The van der Waals surface area contributed by atoms with Crippen LogP contribution in [0, 0.1) is 5.82 Å². The summed E-state index contributed by atoms with van der Waals surface area (Å²) < 4.78 is 18.9. The first kappa shape index (κ1) is 15.3. The minimum atomic E-state index is -0.397. The van der Waals surface area contributed by atoms with Gasteiger partial charge in [-0.3, -0.25) is 10.1 Å². The topological polar surface area (TPSA) is 67.2 Å². The number of rotatable bonds is 3. The fourth-order valence-electron chi connectivity index (χ4n) is 1.78. The summed E-state index contributed by atoms with van der Waals surface area (Å²) in [4.78, 5) is 16.0. The highest BCUT2D eigenvalue weighted by molar-refractivity contribution is 7.80. The van der Waals surface area contributed by atoms with Crippen LogP contribution in [0.2, 0.25) is 0 Å². The van der Waals surface area contributed by atoms with Crippen LogP contribution in [0.3, 0.4) is 0 Å². The zero-order valence-electron chi connectivity index (χ0n) is 11.6. The number of carbonyl (C=O) groups is 1. The SMILES string of the molecule is O=C(/C=C/c1ccco1)NC(=S)Nc1nc2ccc(F)cc2s1. The number of thiazole rings is 1. The second-order valence-corrected chi connectivity index (χ2v) is 5.86. The molecule has 0 radical (unpaired) electrons. The van der Waals surface area contributed by atoms with Crippen molar-refractivity contribution >= 4 is 56.0 Å². The first-order valence-electron chi connectivity index (χ1n) is 6.50. The molecule has 0 saturated carbocycles. The molecule has 8 heteroatoms. The second kappa shape index (κ2) is 6.67. The van der Waals surface area contributed by atoms with Crippen LogP contribution in [0.1, 0.15) is 5.76 Å². The lowest BCUT2D eigenvalue weighted by Crippen LogP contribution is -2.32. The van der Waals surface area contributed by atoms with Crippen LogP contribution < -0.4 is 10.6 Å². The largest absolute Gasteiger partial charge is 0.465 e. The summed E-state index contributed by atoms with van der Waals surface area (Å²) in [6, 6.07) is 7.76. The third-order valence-electron chi connectivity index (χ3n) is 2.75. The van der Waals surface area contributed by atoms with Gasteiger partial charge in [0, 0.05) is 6.08 Å². The Morgan fingerprint density at radius 2 is 2.26 bits per heavy atom. The molecular formula is C15H10FN3O2S2. The molecule has 0 spiro atoms. The van der Waals surface area contributed by atoms with E-state index in [0.29, 0.717) is 21.1 Å². The predicted molar refractivity (Wildman–Crippen MR) is 91.7 cm³/mol. The molecule has 2 aromatic heterocycles. The number of hydrogen-bond acceptors (Lipinski definition) is 5. The fraction of sp³-hybridized carbons (Fsp3) is 0. The zero-order chi connectivity index (χ0) is 16.2. The van der Waals surface area contributed by atoms with Gasteiger partial charge in [-0.15, -0.1) is 0 Å². The summed E-state index contributed by atoms with van der Waals surface area (Å²) in [5.41, 5.74) is 0.658. The van der Waals surface area contributed by atoms with Gasteiger partial charge in [0.05, 0.1) is 16.5 Å². The van der Waals surface area contributed by atoms with Gasteiger partial charge in [0.25, 0.3) is 0 Å². The van der Waals surface area contributed by atoms with Crippen LogP contribution in [0.15, 0.2) is 47.1 Å². The van der Waals surface area contributed by atoms with E-state index in [-0.39, 0.29) is 10.9 Å². The highest BCUT2D eigenvalue weighted by Crippen LogP contribution is 2.26. The molecule has 0 unspecified atom stereocenters. The molecule has 1 aromatic carbocycles. The maximum atomic E-state index is 13.1. The Labute approximate surface area is 139 Å². The monoisotopic (exact) mass is 347 g/mol. The second-order valence-electron chi connectivity index (χ2n) is 4.42. The number of benzene rings is 1. The van der Waals surface area contributed by atoms with E-state index >= 15 is 0 Å². The standard InChI is InChI=1S/C15H10FN3O2S2/c16-9-3-5-11-12(8-9)23-15(17-11)19-14(22)18-13(20)6-4-10-2-1-7-21-10/h1-8H,(H2,17,18,19,20,22)/b6-4+. The number of furan rings is 1. The number of carbonyl (C=O) groups excluding carboxylic acids is 1. The normalized spacial score (nSPS) is 11.0. The number of anilines is 1. The van der Waals surface area contributed by atoms with Crippen LogP contribution in [-0.2, 0) is 4.79 Å². The van der Waals surface area contributed by atoms with Gasteiger partial charge < -0.3 is 9.73 Å². The predicted octanol–water partition coefficient (Wildman–Crippen LogP) is 3.55. The van der Waals surface area contributed by atoms with Gasteiger partial charge in [-0.2, -0.15) is 0 Å². The van der Waals surface area contributed by atoms with E-state index in [1.807, 2.05) is 0 Å². The average Bonchev–Trinajstić information content (AvgIpc) is 3.13. The third kappa shape index (κ3) is 3.99. The Morgan fingerprint density at radius 3 is 3.04 bits per heavy atom. The van der Waals surface area contributed by atoms with E-state index in [2.05, 4.69) is 15.6 Å². The van der Waals surface area contributed by atoms with Gasteiger partial charge in [-0.25, -0.2) is 9.37 Å². The summed E-state index contributed by atoms with van der Waals surface area (Å²) in [6.45, 7) is 0. The number of amides is 1. The Kier molecular flexibility index (Phi) is 4.45. The van der Waals surface area contributed by atoms with Crippen LogP contribution in [0.5, 0.6) is 0 Å². The van der Waals surface area contributed by atoms with Gasteiger partial charge in [0.15, 0.2) is 10.2 Å². The highest BCUT2D eigenvalue weighted by Gasteiger charge is 2.07. The summed E-state index contributed by atoms with van der Waals surface area (Å²) >= 11 is 6.29. The fourth-order valence-corrected chi connectivity index (χ4v) is 2.93. The van der Waals surface area contributed by atoms with Crippen molar-refractivity contribution in [2.24, 2.45) is 0 Å². The van der Waals surface area contributed by atoms with E-state index in [9.17, 15) is 9.18 Å². The average molecular weight is 347 g/mol. The number of nitrogens with one attached hydrogen (secondary N) is 2. The Bertz CT molecular complexity index is 887. The number of thiocarbonyl (C=S) groups is 1. The molecule has 1 amide bonds. The van der Waals surface area contributed by atoms with Crippen molar-refractivity contribution in [1.29, 1.82) is 0 Å². The number of halogens is 1. The van der Waals surface area contributed by atoms with E-state index in [1.165, 1.54) is 41.9 Å². The van der Waals surface area contributed by atoms with Gasteiger partial charge in [-0.1, -0.05) is 11.3 Å². The molecule has 23 heavy (non-hydrogen) atoms. The van der Waals surface area contributed by atoms with Crippen molar-refractivity contribution < 1.29 is 13.6 Å². The first-order chi connectivity index (χ1) is 11.1. The number of hydrogen-bond donors (Lipinski definition) is 2. The maximum absolute atomic E-state index is 13.1. The van der Waals surface area contributed by atoms with Gasteiger partial charge in [0.1, 0.15) is 11.6 Å². The molecule has 2 N–H and O–H groups in total. The molecule has 3 rings (SSSR count). The molecule has 0 aliphatic carbocycles. The molecule has 0 bridgehead atoms. The molecule has 0 aliphatic rings. The smallest absolute Gasteiger partial charge is 0.250 e. The lowest BCUT2D eigenvalue weighted by molar-refractivity contribution is -0.115. The van der Waals surface area contributed by atoms with Gasteiger partial charge in [0.2, 0.25) is 5.91 Å². The van der Waals surface area contributed by atoms with Crippen molar-refractivity contribution in [3.8, 4) is 0 Å². The third-order valence-corrected chi connectivity index (χ3v) is 3.89. The molecule has 116 valence electrons. The molecular weight excluding hydrogens is 337 g/mol. The van der Waals surface area contributed by atoms with Crippen molar-refractivity contribution in [2.75, 3.05) is 5.32 Å². The summed E-state index contributed by atoms with van der Waals surface area (Å²) in [6.07, 6.45) is 4.35.